The second kappa shape index (κ2) is 8.52. The van der Waals surface area contributed by atoms with Gasteiger partial charge in [0.25, 0.3) is 5.91 Å². The molecule has 1 amide bonds. The van der Waals surface area contributed by atoms with Crippen LogP contribution in [0.3, 0.4) is 0 Å². The molecule has 31 heavy (non-hydrogen) atoms. The van der Waals surface area contributed by atoms with Crippen LogP contribution in [0.5, 0.6) is 11.5 Å². The lowest BCUT2D eigenvalue weighted by Gasteiger charge is -2.48. The predicted molar refractivity (Wildman–Crippen MR) is 116 cm³/mol. The number of ether oxygens (including phenoxy) is 2. The number of carboxylic acids is 1. The van der Waals surface area contributed by atoms with Crippen molar-refractivity contribution in [3.8, 4) is 22.6 Å². The number of carboxylic acid groups (broad SMARTS) is 1. The van der Waals surface area contributed by atoms with Crippen molar-refractivity contribution in [3.63, 3.8) is 0 Å². The van der Waals surface area contributed by atoms with Gasteiger partial charge >= 0.3 is 5.97 Å². The molecule has 0 unspecified atom stereocenters. The standard InChI is InChI=1S/C25H23NO5/c1-16(25(28)29)26-22(23(24(26)27)31-19-8-4-3-5-9-19)18-14-12-17(13-15-18)20-10-6-7-11-21(20)30-2/h3-16,22-23H,1-2H3,(H,28,29)/t16-,22-,23+/m0/s1. The van der Waals surface area contributed by atoms with Gasteiger partial charge in [0.1, 0.15) is 23.6 Å². The molecule has 0 bridgehead atoms. The normalized spacial score (nSPS) is 18.8. The molecule has 3 aromatic carbocycles. The fourth-order valence-electron chi connectivity index (χ4n) is 3.87. The zero-order chi connectivity index (χ0) is 22.0. The number of amides is 1. The van der Waals surface area contributed by atoms with E-state index >= 15 is 0 Å². The Balaban J connectivity index is 1.65. The third kappa shape index (κ3) is 3.84. The molecular weight excluding hydrogens is 394 g/mol. The van der Waals surface area contributed by atoms with Gasteiger partial charge in [0.2, 0.25) is 6.10 Å². The van der Waals surface area contributed by atoms with E-state index in [1.54, 1.807) is 19.2 Å². The highest BCUT2D eigenvalue weighted by molar-refractivity contribution is 5.93. The smallest absolute Gasteiger partial charge is 0.326 e. The Bertz CT molecular complexity index is 1080. The summed E-state index contributed by atoms with van der Waals surface area (Å²) < 4.78 is 11.4. The van der Waals surface area contributed by atoms with Gasteiger partial charge in [-0.2, -0.15) is 0 Å². The minimum Gasteiger partial charge on any atom is -0.496 e. The number of nitrogens with zero attached hydrogens (tertiary/aromatic N) is 1. The Kier molecular flexibility index (Phi) is 5.62. The molecule has 0 saturated carbocycles. The van der Waals surface area contributed by atoms with E-state index in [-0.39, 0.29) is 5.91 Å². The molecule has 158 valence electrons. The first-order chi connectivity index (χ1) is 15.0. The molecule has 6 nitrogen and oxygen atoms in total. The average molecular weight is 417 g/mol. The summed E-state index contributed by atoms with van der Waals surface area (Å²) in [6.07, 6.45) is -0.777. The van der Waals surface area contributed by atoms with Crippen molar-refractivity contribution >= 4 is 11.9 Å². The molecule has 1 fully saturated rings. The summed E-state index contributed by atoms with van der Waals surface area (Å²) in [6, 6.07) is 23.0. The molecular formula is C25H23NO5. The highest BCUT2D eigenvalue weighted by atomic mass is 16.5. The van der Waals surface area contributed by atoms with E-state index in [0.717, 1.165) is 22.4 Å². The third-order valence-corrected chi connectivity index (χ3v) is 5.54. The van der Waals surface area contributed by atoms with Crippen LogP contribution >= 0.6 is 0 Å². The number of hydrogen-bond donors (Lipinski definition) is 1. The topological polar surface area (TPSA) is 76.1 Å². The van der Waals surface area contributed by atoms with E-state index in [4.69, 9.17) is 9.47 Å². The number of aliphatic carboxylic acids is 1. The number of β-lactam (4-membered cyclic amide) rings is 1. The van der Waals surface area contributed by atoms with Gasteiger partial charge in [0, 0.05) is 5.56 Å². The lowest BCUT2D eigenvalue weighted by molar-refractivity contribution is -0.175. The third-order valence-electron chi connectivity index (χ3n) is 5.54. The van der Waals surface area contributed by atoms with Gasteiger partial charge in [-0.25, -0.2) is 4.79 Å². The maximum atomic E-state index is 12.8. The summed E-state index contributed by atoms with van der Waals surface area (Å²) in [4.78, 5) is 25.7. The summed E-state index contributed by atoms with van der Waals surface area (Å²) in [6.45, 7) is 1.51. The number of hydrogen-bond acceptors (Lipinski definition) is 4. The van der Waals surface area contributed by atoms with Crippen LogP contribution in [-0.4, -0.2) is 41.1 Å². The van der Waals surface area contributed by atoms with Crippen LogP contribution < -0.4 is 9.47 Å². The van der Waals surface area contributed by atoms with Crippen molar-refractivity contribution in [1.29, 1.82) is 0 Å². The molecule has 1 saturated heterocycles. The first-order valence-corrected chi connectivity index (χ1v) is 10.0. The van der Waals surface area contributed by atoms with Crippen LogP contribution in [0.4, 0.5) is 0 Å². The number of carbonyl (C=O) groups excluding carboxylic acids is 1. The SMILES string of the molecule is COc1ccccc1-c1ccc([C@H]2[C@@H](Oc3ccccc3)C(=O)N2[C@@H](C)C(=O)O)cc1. The fraction of sp³-hybridized carbons (Fsp3) is 0.200. The maximum Gasteiger partial charge on any atom is 0.326 e. The summed E-state index contributed by atoms with van der Waals surface area (Å²) in [7, 11) is 1.63. The van der Waals surface area contributed by atoms with Gasteiger partial charge in [-0.3, -0.25) is 4.79 Å². The molecule has 3 atom stereocenters. The van der Waals surface area contributed by atoms with Crippen molar-refractivity contribution < 1.29 is 24.2 Å². The Morgan fingerprint density at radius 2 is 1.61 bits per heavy atom. The van der Waals surface area contributed by atoms with Gasteiger partial charge in [0.15, 0.2) is 0 Å². The number of rotatable bonds is 7. The zero-order valence-corrected chi connectivity index (χ0v) is 17.3. The molecule has 0 aliphatic carbocycles. The van der Waals surface area contributed by atoms with Crippen LogP contribution in [0.15, 0.2) is 78.9 Å². The number of carbonyl (C=O) groups is 2. The monoisotopic (exact) mass is 417 g/mol. The van der Waals surface area contributed by atoms with Gasteiger partial charge in [-0.05, 0) is 36.2 Å². The molecule has 0 radical (unpaired) electrons. The highest BCUT2D eigenvalue weighted by Gasteiger charge is 2.53. The minimum absolute atomic E-state index is 0.336. The van der Waals surface area contributed by atoms with E-state index in [0.29, 0.717) is 5.75 Å². The lowest BCUT2D eigenvalue weighted by Crippen LogP contribution is -2.65. The summed E-state index contributed by atoms with van der Waals surface area (Å²) in [5.41, 5.74) is 2.73. The predicted octanol–water partition coefficient (Wildman–Crippen LogP) is 4.17. The van der Waals surface area contributed by atoms with Crippen LogP contribution in [0.25, 0.3) is 11.1 Å². The van der Waals surface area contributed by atoms with Crippen LogP contribution in [0.2, 0.25) is 0 Å². The summed E-state index contributed by atoms with van der Waals surface area (Å²) >= 11 is 0. The van der Waals surface area contributed by atoms with Gasteiger partial charge in [-0.1, -0.05) is 60.7 Å². The minimum atomic E-state index is -1.05. The zero-order valence-electron chi connectivity index (χ0n) is 17.3. The van der Waals surface area contributed by atoms with E-state index in [2.05, 4.69) is 0 Å². The lowest BCUT2D eigenvalue weighted by atomic mass is 9.87. The van der Waals surface area contributed by atoms with Crippen molar-refractivity contribution in [2.45, 2.75) is 25.1 Å². The molecule has 4 rings (SSSR count). The Hall–Kier alpha value is -3.80. The molecule has 0 spiro atoms. The van der Waals surface area contributed by atoms with E-state index < -0.39 is 24.2 Å². The molecule has 3 aromatic rings. The van der Waals surface area contributed by atoms with Crippen molar-refractivity contribution in [3.05, 3.63) is 84.4 Å². The highest BCUT2D eigenvalue weighted by Crippen LogP contribution is 2.40. The molecule has 1 heterocycles. The Labute approximate surface area is 180 Å². The number of para-hydroxylation sites is 2. The average Bonchev–Trinajstić information content (AvgIpc) is 2.81. The molecule has 1 aliphatic rings. The maximum absolute atomic E-state index is 12.8. The Morgan fingerprint density at radius 1 is 0.968 bits per heavy atom. The van der Waals surface area contributed by atoms with Gasteiger partial charge < -0.3 is 19.5 Å². The second-order valence-corrected chi connectivity index (χ2v) is 7.38. The quantitative estimate of drug-likeness (QED) is 0.584. The number of likely N-dealkylation sites (tertiary alicyclic amines) is 1. The largest absolute Gasteiger partial charge is 0.496 e. The summed E-state index contributed by atoms with van der Waals surface area (Å²) in [5.74, 6) is -0.0562. The number of methoxy groups -OCH3 is 1. The number of benzene rings is 3. The summed E-state index contributed by atoms with van der Waals surface area (Å²) in [5, 5.41) is 9.48. The first kappa shape index (κ1) is 20.5. The van der Waals surface area contributed by atoms with E-state index in [1.165, 1.54) is 11.8 Å². The molecule has 6 heteroatoms. The van der Waals surface area contributed by atoms with Crippen molar-refractivity contribution in [1.82, 2.24) is 4.90 Å². The molecule has 1 N–H and O–H groups in total. The van der Waals surface area contributed by atoms with Crippen molar-refractivity contribution in [2.75, 3.05) is 7.11 Å². The van der Waals surface area contributed by atoms with Gasteiger partial charge in [-0.15, -0.1) is 0 Å². The van der Waals surface area contributed by atoms with E-state index in [9.17, 15) is 14.7 Å². The van der Waals surface area contributed by atoms with Crippen LogP contribution in [0, 0.1) is 0 Å². The van der Waals surface area contributed by atoms with E-state index in [1.807, 2.05) is 66.7 Å². The molecule has 1 aliphatic heterocycles. The molecule has 0 aromatic heterocycles. The van der Waals surface area contributed by atoms with Crippen molar-refractivity contribution in [2.24, 2.45) is 0 Å². The first-order valence-electron chi connectivity index (χ1n) is 10.0. The van der Waals surface area contributed by atoms with Gasteiger partial charge in [0.05, 0.1) is 7.11 Å². The fourth-order valence-corrected chi connectivity index (χ4v) is 3.87. The second-order valence-electron chi connectivity index (χ2n) is 7.38. The Morgan fingerprint density at radius 3 is 2.26 bits per heavy atom. The van der Waals surface area contributed by atoms with Crippen LogP contribution in [-0.2, 0) is 9.59 Å². The van der Waals surface area contributed by atoms with Crippen LogP contribution in [0.1, 0.15) is 18.5 Å².